The van der Waals surface area contributed by atoms with Crippen LogP contribution in [-0.4, -0.2) is 21.8 Å². The van der Waals surface area contributed by atoms with Gasteiger partial charge in [0, 0.05) is 16.1 Å². The number of benzene rings is 4. The van der Waals surface area contributed by atoms with Crippen LogP contribution in [0.3, 0.4) is 0 Å². The van der Waals surface area contributed by atoms with Gasteiger partial charge >= 0.3 is 5.97 Å². The summed E-state index contributed by atoms with van der Waals surface area (Å²) in [6.45, 7) is 1.98. The average Bonchev–Trinajstić information content (AvgIpc) is 2.89. The lowest BCUT2D eigenvalue weighted by Gasteiger charge is -2.11. The molecule has 0 unspecified atom stereocenters. The van der Waals surface area contributed by atoms with Gasteiger partial charge in [0.25, 0.3) is 5.56 Å². The van der Waals surface area contributed by atoms with Gasteiger partial charge in [-0.15, -0.1) is 0 Å². The average molecular weight is 528 g/mol. The van der Waals surface area contributed by atoms with Crippen molar-refractivity contribution in [1.29, 1.82) is 0 Å². The molecular weight excluding hydrogens is 509 g/mol. The predicted octanol–water partition coefficient (Wildman–Crippen LogP) is 6.78. The van der Waals surface area contributed by atoms with E-state index in [9.17, 15) is 9.59 Å². The molecule has 0 atom stereocenters. The summed E-state index contributed by atoms with van der Waals surface area (Å²) in [5.74, 6) is -0.00396. The lowest BCUT2D eigenvalue weighted by molar-refractivity contribution is 0.0734. The van der Waals surface area contributed by atoms with Crippen LogP contribution in [0, 0.1) is 6.92 Å². The predicted molar refractivity (Wildman–Crippen MR) is 147 cm³/mol. The molecule has 0 N–H and O–H groups in total. The number of esters is 1. The van der Waals surface area contributed by atoms with Crippen LogP contribution in [0.5, 0.6) is 5.75 Å². The second-order valence-corrected chi connectivity index (χ2v) is 9.08. The number of aromatic nitrogens is 2. The van der Waals surface area contributed by atoms with Crippen molar-refractivity contribution < 1.29 is 9.53 Å². The highest BCUT2D eigenvalue weighted by molar-refractivity contribution is 6.36. The monoisotopic (exact) mass is 527 g/mol. The van der Waals surface area contributed by atoms with Crippen LogP contribution in [0.2, 0.25) is 10.0 Å². The lowest BCUT2D eigenvalue weighted by Crippen LogP contribution is -2.20. The van der Waals surface area contributed by atoms with Gasteiger partial charge in [0.2, 0.25) is 0 Å². The maximum Gasteiger partial charge on any atom is 0.345 e. The third kappa shape index (κ3) is 5.16. The summed E-state index contributed by atoms with van der Waals surface area (Å²) in [6.07, 6.45) is 1.46. The second-order valence-electron chi connectivity index (χ2n) is 8.23. The van der Waals surface area contributed by atoms with Gasteiger partial charge in [-0.2, -0.15) is 9.78 Å². The first kappa shape index (κ1) is 24.4. The highest BCUT2D eigenvalue weighted by Gasteiger charge is 2.16. The standard InChI is InChI=1S/C29H19Cl2N3O3/c1-18-10-12-19(13-11-18)27-33-25-8-4-3-7-23(25)28(35)34(27)32-17-20-6-2-5-9-26(20)37-29(36)22-15-14-21(30)16-24(22)31/h2-17H,1H3. The van der Waals surface area contributed by atoms with E-state index in [1.807, 2.05) is 37.3 Å². The number of nitrogens with zero attached hydrogens (tertiary/aromatic N) is 3. The van der Waals surface area contributed by atoms with Crippen molar-refractivity contribution in [3.8, 4) is 17.1 Å². The molecule has 5 aromatic rings. The lowest BCUT2D eigenvalue weighted by atomic mass is 10.1. The molecule has 0 saturated heterocycles. The zero-order valence-electron chi connectivity index (χ0n) is 19.6. The number of ether oxygens (including phenoxy) is 1. The van der Waals surface area contributed by atoms with Gasteiger partial charge in [-0.1, -0.05) is 77.3 Å². The molecular formula is C29H19Cl2N3O3. The highest BCUT2D eigenvalue weighted by atomic mass is 35.5. The van der Waals surface area contributed by atoms with E-state index in [1.54, 1.807) is 48.5 Å². The first-order chi connectivity index (χ1) is 17.9. The van der Waals surface area contributed by atoms with Gasteiger partial charge in [0.15, 0.2) is 5.82 Å². The SMILES string of the molecule is Cc1ccc(-c2nc3ccccc3c(=O)n2N=Cc2ccccc2OC(=O)c2ccc(Cl)cc2Cl)cc1. The van der Waals surface area contributed by atoms with Gasteiger partial charge in [0.1, 0.15) is 5.75 Å². The Balaban J connectivity index is 1.56. The first-order valence-electron chi connectivity index (χ1n) is 11.3. The topological polar surface area (TPSA) is 73.6 Å². The number of para-hydroxylation sites is 2. The van der Waals surface area contributed by atoms with Crippen LogP contribution in [0.4, 0.5) is 0 Å². The van der Waals surface area contributed by atoms with Crippen molar-refractivity contribution in [3.05, 3.63) is 128 Å². The van der Waals surface area contributed by atoms with Gasteiger partial charge < -0.3 is 4.74 Å². The molecule has 37 heavy (non-hydrogen) atoms. The molecule has 0 radical (unpaired) electrons. The van der Waals surface area contributed by atoms with Crippen LogP contribution in [-0.2, 0) is 0 Å². The number of hydrogen-bond donors (Lipinski definition) is 0. The van der Waals surface area contributed by atoms with Crippen molar-refractivity contribution in [2.24, 2.45) is 5.10 Å². The first-order valence-corrected chi connectivity index (χ1v) is 12.1. The Morgan fingerprint density at radius 1 is 0.946 bits per heavy atom. The number of aryl methyl sites for hydroxylation is 1. The van der Waals surface area contributed by atoms with Crippen LogP contribution in [0.15, 0.2) is 101 Å². The highest BCUT2D eigenvalue weighted by Crippen LogP contribution is 2.25. The maximum atomic E-state index is 13.4. The quantitative estimate of drug-likeness (QED) is 0.143. The normalized spacial score (nSPS) is 11.2. The largest absolute Gasteiger partial charge is 0.422 e. The Labute approximate surface area is 222 Å². The second kappa shape index (κ2) is 10.4. The summed E-state index contributed by atoms with van der Waals surface area (Å²) < 4.78 is 6.86. The molecule has 0 saturated carbocycles. The van der Waals surface area contributed by atoms with E-state index >= 15 is 0 Å². The summed E-state index contributed by atoms with van der Waals surface area (Å²) in [7, 11) is 0. The van der Waals surface area contributed by atoms with E-state index in [0.717, 1.165) is 11.1 Å². The minimum Gasteiger partial charge on any atom is -0.422 e. The molecule has 0 amide bonds. The fourth-order valence-corrected chi connectivity index (χ4v) is 4.22. The van der Waals surface area contributed by atoms with Gasteiger partial charge in [0.05, 0.1) is 27.7 Å². The summed E-state index contributed by atoms with van der Waals surface area (Å²) in [5.41, 5.74) is 2.73. The number of hydrogen-bond acceptors (Lipinski definition) is 5. The Morgan fingerprint density at radius 2 is 1.68 bits per heavy atom. The Morgan fingerprint density at radius 3 is 2.46 bits per heavy atom. The molecule has 0 bridgehead atoms. The van der Waals surface area contributed by atoms with Crippen molar-refractivity contribution in [3.63, 3.8) is 0 Å². The molecule has 1 heterocycles. The van der Waals surface area contributed by atoms with E-state index in [4.69, 9.17) is 32.9 Å². The number of carbonyl (C=O) groups is 1. The molecule has 6 nitrogen and oxygen atoms in total. The Hall–Kier alpha value is -4.26. The van der Waals surface area contributed by atoms with Crippen LogP contribution >= 0.6 is 23.2 Å². The summed E-state index contributed by atoms with van der Waals surface area (Å²) in [6, 6.07) is 26.2. The third-order valence-corrected chi connectivity index (χ3v) is 6.20. The molecule has 0 aliphatic heterocycles. The van der Waals surface area contributed by atoms with Crippen LogP contribution in [0.1, 0.15) is 21.5 Å². The number of rotatable bonds is 5. The fourth-order valence-electron chi connectivity index (χ4n) is 3.73. The smallest absolute Gasteiger partial charge is 0.345 e. The third-order valence-electron chi connectivity index (χ3n) is 5.65. The van der Waals surface area contributed by atoms with Gasteiger partial charge in [-0.05, 0) is 49.4 Å². The number of halogens is 2. The van der Waals surface area contributed by atoms with Gasteiger partial charge in [-0.3, -0.25) is 4.79 Å². The molecule has 0 spiro atoms. The summed E-state index contributed by atoms with van der Waals surface area (Å²) in [5, 5.41) is 5.51. The molecule has 0 aliphatic carbocycles. The van der Waals surface area contributed by atoms with E-state index in [0.29, 0.717) is 27.3 Å². The van der Waals surface area contributed by atoms with E-state index < -0.39 is 5.97 Å². The Bertz CT molecular complexity index is 1730. The van der Waals surface area contributed by atoms with Crippen LogP contribution in [0.25, 0.3) is 22.3 Å². The number of carbonyl (C=O) groups excluding carboxylic acids is 1. The van der Waals surface area contributed by atoms with Crippen LogP contribution < -0.4 is 10.3 Å². The molecule has 0 aliphatic rings. The van der Waals surface area contributed by atoms with E-state index in [-0.39, 0.29) is 21.9 Å². The molecule has 4 aromatic carbocycles. The molecule has 5 rings (SSSR count). The molecule has 1 aromatic heterocycles. The Kier molecular flexibility index (Phi) is 6.86. The fraction of sp³-hybridized carbons (Fsp3) is 0.0345. The zero-order valence-corrected chi connectivity index (χ0v) is 21.1. The molecule has 8 heteroatoms. The maximum absolute atomic E-state index is 13.4. The van der Waals surface area contributed by atoms with Crippen molar-refractivity contribution in [2.75, 3.05) is 0 Å². The van der Waals surface area contributed by atoms with E-state index in [2.05, 4.69) is 5.10 Å². The van der Waals surface area contributed by atoms with Crippen molar-refractivity contribution >= 4 is 46.3 Å². The number of fused-ring (bicyclic) bond motifs is 1. The molecule has 0 fully saturated rings. The van der Waals surface area contributed by atoms with E-state index in [1.165, 1.54) is 23.0 Å². The minimum atomic E-state index is -0.646. The summed E-state index contributed by atoms with van der Waals surface area (Å²) >= 11 is 12.1. The minimum absolute atomic E-state index is 0.175. The van der Waals surface area contributed by atoms with Crippen molar-refractivity contribution in [1.82, 2.24) is 9.66 Å². The summed E-state index contributed by atoms with van der Waals surface area (Å²) in [4.78, 5) is 30.9. The van der Waals surface area contributed by atoms with Crippen molar-refractivity contribution in [2.45, 2.75) is 6.92 Å². The van der Waals surface area contributed by atoms with Gasteiger partial charge in [-0.25, -0.2) is 9.78 Å². The zero-order chi connectivity index (χ0) is 25.9. The molecule has 182 valence electrons.